The van der Waals surface area contributed by atoms with E-state index in [0.717, 1.165) is 11.5 Å². The number of halogens is 1. The molecule has 88 valence electrons. The number of aromatic amines is 1. The molecule has 3 rings (SSSR count). The number of rotatable bonds is 3. The Kier molecular flexibility index (Phi) is 2.68. The van der Waals surface area contributed by atoms with Gasteiger partial charge in [-0.05, 0) is 24.4 Å². The third-order valence-corrected chi connectivity index (χ3v) is 3.11. The normalized spacial score (nSPS) is 14.9. The van der Waals surface area contributed by atoms with E-state index in [-0.39, 0.29) is 5.28 Å². The van der Waals surface area contributed by atoms with Gasteiger partial charge in [0.2, 0.25) is 5.28 Å². The first-order valence-electron chi connectivity index (χ1n) is 5.26. The molecule has 1 aliphatic carbocycles. The lowest BCUT2D eigenvalue weighted by molar-refractivity contribution is 0.965. The van der Waals surface area contributed by atoms with Crippen molar-refractivity contribution in [3.05, 3.63) is 23.2 Å². The number of hydrogen-bond donors (Lipinski definition) is 3. The van der Waals surface area contributed by atoms with Crippen molar-refractivity contribution in [1.29, 1.82) is 0 Å². The molecule has 0 aromatic carbocycles. The molecule has 0 saturated heterocycles. The van der Waals surface area contributed by atoms with Crippen LogP contribution in [0.15, 0.2) is 17.2 Å². The molecule has 0 atom stereocenters. The van der Waals surface area contributed by atoms with Crippen LogP contribution in [0.25, 0.3) is 0 Å². The Morgan fingerprint density at radius 3 is 3.06 bits per heavy atom. The molecule has 2 aromatic rings. The molecule has 1 saturated carbocycles. The molecule has 5 nitrogen and oxygen atoms in total. The molecule has 1 aliphatic rings. The smallest absolute Gasteiger partial charge is 0.224 e. The van der Waals surface area contributed by atoms with Gasteiger partial charge in [-0.2, -0.15) is 10.1 Å². The van der Waals surface area contributed by atoms with Crippen LogP contribution in [0.2, 0.25) is 5.28 Å². The van der Waals surface area contributed by atoms with Gasteiger partial charge in [-0.25, -0.2) is 4.98 Å². The van der Waals surface area contributed by atoms with Gasteiger partial charge in [-0.15, -0.1) is 12.6 Å². The molecular weight excluding hydrogens is 258 g/mol. The van der Waals surface area contributed by atoms with Crippen molar-refractivity contribution in [2.45, 2.75) is 23.7 Å². The van der Waals surface area contributed by atoms with E-state index in [1.807, 2.05) is 6.07 Å². The van der Waals surface area contributed by atoms with Gasteiger partial charge in [-0.1, -0.05) is 0 Å². The van der Waals surface area contributed by atoms with Crippen molar-refractivity contribution in [3.8, 4) is 0 Å². The van der Waals surface area contributed by atoms with Crippen LogP contribution in [0.1, 0.15) is 24.5 Å². The zero-order valence-corrected chi connectivity index (χ0v) is 10.5. The lowest BCUT2D eigenvalue weighted by atomic mass is 10.3. The van der Waals surface area contributed by atoms with Gasteiger partial charge >= 0.3 is 0 Å². The Morgan fingerprint density at radius 2 is 2.29 bits per heavy atom. The highest BCUT2D eigenvalue weighted by atomic mass is 35.5. The lowest BCUT2D eigenvalue weighted by Crippen LogP contribution is -1.96. The van der Waals surface area contributed by atoms with E-state index in [4.69, 9.17) is 11.6 Å². The van der Waals surface area contributed by atoms with Crippen molar-refractivity contribution in [3.63, 3.8) is 0 Å². The summed E-state index contributed by atoms with van der Waals surface area (Å²) in [7, 11) is 0. The fourth-order valence-electron chi connectivity index (χ4n) is 1.57. The first-order valence-corrected chi connectivity index (χ1v) is 6.09. The molecule has 1 fully saturated rings. The third kappa shape index (κ3) is 2.37. The average Bonchev–Trinajstić information content (AvgIpc) is 3.05. The maximum Gasteiger partial charge on any atom is 0.224 e. The summed E-state index contributed by atoms with van der Waals surface area (Å²) >= 11 is 9.98. The Balaban J connectivity index is 1.82. The molecule has 7 heteroatoms. The van der Waals surface area contributed by atoms with Crippen LogP contribution < -0.4 is 5.32 Å². The number of anilines is 2. The number of thiol groups is 1. The molecule has 0 bridgehead atoms. The summed E-state index contributed by atoms with van der Waals surface area (Å²) in [5.41, 5.74) is 1.16. The number of hydrogen-bond acceptors (Lipinski definition) is 5. The molecule has 0 spiro atoms. The second-order valence-electron chi connectivity index (χ2n) is 3.98. The molecule has 2 N–H and O–H groups in total. The van der Waals surface area contributed by atoms with E-state index in [2.05, 4.69) is 38.1 Å². The highest BCUT2D eigenvalue weighted by Crippen LogP contribution is 2.39. The number of nitrogens with zero attached hydrogens (tertiary/aromatic N) is 3. The summed E-state index contributed by atoms with van der Waals surface area (Å²) in [6.45, 7) is 0. The van der Waals surface area contributed by atoms with Gasteiger partial charge in [0.25, 0.3) is 0 Å². The van der Waals surface area contributed by atoms with Crippen molar-refractivity contribution in [2.75, 3.05) is 5.32 Å². The van der Waals surface area contributed by atoms with Crippen molar-refractivity contribution in [2.24, 2.45) is 0 Å². The van der Waals surface area contributed by atoms with E-state index in [0.29, 0.717) is 16.6 Å². The summed E-state index contributed by atoms with van der Waals surface area (Å²) < 4.78 is 0. The summed E-state index contributed by atoms with van der Waals surface area (Å²) in [5.74, 6) is 1.92. The maximum atomic E-state index is 5.72. The van der Waals surface area contributed by atoms with Crippen LogP contribution in [0, 0.1) is 0 Å². The minimum atomic E-state index is 0.184. The topological polar surface area (TPSA) is 66.5 Å². The van der Waals surface area contributed by atoms with E-state index in [1.54, 1.807) is 6.20 Å². The molecule has 2 heterocycles. The van der Waals surface area contributed by atoms with E-state index >= 15 is 0 Å². The Labute approximate surface area is 108 Å². The van der Waals surface area contributed by atoms with Gasteiger partial charge in [0, 0.05) is 23.9 Å². The van der Waals surface area contributed by atoms with E-state index < -0.39 is 0 Å². The molecule has 0 amide bonds. The molecule has 0 aliphatic heterocycles. The third-order valence-electron chi connectivity index (χ3n) is 2.60. The monoisotopic (exact) mass is 267 g/mol. The van der Waals surface area contributed by atoms with Crippen LogP contribution >= 0.6 is 24.2 Å². The fourth-order valence-corrected chi connectivity index (χ4v) is 1.87. The van der Waals surface area contributed by atoms with E-state index in [1.165, 1.54) is 12.8 Å². The van der Waals surface area contributed by atoms with Crippen molar-refractivity contribution < 1.29 is 0 Å². The summed E-state index contributed by atoms with van der Waals surface area (Å²) in [6.07, 6.45) is 4.02. The van der Waals surface area contributed by atoms with Crippen LogP contribution in [0.5, 0.6) is 0 Å². The number of nitrogens with one attached hydrogen (secondary N) is 2. The Bertz CT molecular complexity index is 551. The second kappa shape index (κ2) is 4.19. The predicted molar refractivity (Wildman–Crippen MR) is 68.1 cm³/mol. The first kappa shape index (κ1) is 10.9. The maximum absolute atomic E-state index is 5.72. The average molecular weight is 268 g/mol. The van der Waals surface area contributed by atoms with Gasteiger partial charge < -0.3 is 5.32 Å². The largest absolute Gasteiger partial charge is 0.322 e. The van der Waals surface area contributed by atoms with Gasteiger partial charge in [0.1, 0.15) is 5.82 Å². The molecule has 17 heavy (non-hydrogen) atoms. The fraction of sp³-hybridized carbons (Fsp3) is 0.300. The van der Waals surface area contributed by atoms with Gasteiger partial charge in [-0.3, -0.25) is 5.10 Å². The zero-order chi connectivity index (χ0) is 11.8. The highest BCUT2D eigenvalue weighted by molar-refractivity contribution is 7.80. The Hall–Kier alpha value is -1.27. The second-order valence-corrected chi connectivity index (χ2v) is 4.80. The van der Waals surface area contributed by atoms with Gasteiger partial charge in [0.05, 0.1) is 4.90 Å². The Morgan fingerprint density at radius 1 is 1.47 bits per heavy atom. The number of H-pyrrole nitrogens is 1. The van der Waals surface area contributed by atoms with Crippen LogP contribution in [-0.2, 0) is 0 Å². The first-order chi connectivity index (χ1) is 8.22. The van der Waals surface area contributed by atoms with Crippen LogP contribution in [0.3, 0.4) is 0 Å². The predicted octanol–water partition coefficient (Wildman–Crippen LogP) is 2.76. The van der Waals surface area contributed by atoms with Crippen LogP contribution in [-0.4, -0.2) is 20.2 Å². The standard InChI is InChI=1S/C10H10ClN5S/c11-10-12-4-7(17)9(14-10)13-8-3-6(15-16-8)5-1-2-5/h3-5,17H,1-2H2,(H2,12,13,14,15,16). The van der Waals surface area contributed by atoms with Gasteiger partial charge in [0.15, 0.2) is 5.82 Å². The molecular formula is C10H10ClN5S. The van der Waals surface area contributed by atoms with Crippen molar-refractivity contribution in [1.82, 2.24) is 20.2 Å². The lowest BCUT2D eigenvalue weighted by Gasteiger charge is -2.03. The summed E-state index contributed by atoms with van der Waals surface area (Å²) in [6, 6.07) is 1.99. The molecule has 0 unspecified atom stereocenters. The quantitative estimate of drug-likeness (QED) is 0.591. The minimum absolute atomic E-state index is 0.184. The number of aromatic nitrogens is 4. The summed E-state index contributed by atoms with van der Waals surface area (Å²) in [5, 5.41) is 10.4. The molecule has 0 radical (unpaired) electrons. The minimum Gasteiger partial charge on any atom is -0.322 e. The SMILES string of the molecule is Sc1cnc(Cl)nc1Nc1cc(C2CC2)[nH]n1. The highest BCUT2D eigenvalue weighted by Gasteiger charge is 2.25. The van der Waals surface area contributed by atoms with E-state index in [9.17, 15) is 0 Å². The van der Waals surface area contributed by atoms with Crippen molar-refractivity contribution >= 4 is 35.9 Å². The molecule has 2 aromatic heterocycles. The summed E-state index contributed by atoms with van der Waals surface area (Å²) in [4.78, 5) is 8.51. The van der Waals surface area contributed by atoms with Crippen LogP contribution in [0.4, 0.5) is 11.6 Å². The zero-order valence-electron chi connectivity index (χ0n) is 8.81.